The lowest BCUT2D eigenvalue weighted by Crippen LogP contribution is -2.36. The lowest BCUT2D eigenvalue weighted by atomic mass is 9.77. The van der Waals surface area contributed by atoms with Crippen molar-refractivity contribution in [3.05, 3.63) is 129 Å². The molecule has 44 heavy (non-hydrogen) atoms. The second-order valence-electron chi connectivity index (χ2n) is 11.9. The molecule has 0 spiro atoms. The molecule has 4 heterocycles. The van der Waals surface area contributed by atoms with Crippen LogP contribution in [0.15, 0.2) is 84.9 Å². The maximum Gasteiger partial charge on any atom is 0.142 e. The van der Waals surface area contributed by atoms with E-state index in [1.54, 1.807) is 12.1 Å². The number of ether oxygens (including phenoxy) is 2. The van der Waals surface area contributed by atoms with Crippen molar-refractivity contribution in [2.75, 3.05) is 23.8 Å². The Bertz CT molecular complexity index is 1500. The van der Waals surface area contributed by atoms with E-state index in [2.05, 4.69) is 34.9 Å². The molecule has 0 bridgehead atoms. The molecule has 2 fully saturated rings. The molecule has 0 aromatic heterocycles. The van der Waals surface area contributed by atoms with Crippen LogP contribution in [0.5, 0.6) is 0 Å². The molecule has 0 saturated carbocycles. The second-order valence-corrected chi connectivity index (χ2v) is 12.7. The molecule has 8 rings (SSSR count). The summed E-state index contributed by atoms with van der Waals surface area (Å²) in [5.41, 5.74) is 5.77. The van der Waals surface area contributed by atoms with Crippen molar-refractivity contribution in [2.45, 2.75) is 50.0 Å². The summed E-state index contributed by atoms with van der Waals surface area (Å²) in [5.74, 6) is -0.229. The first-order chi connectivity index (χ1) is 21.5. The summed E-state index contributed by atoms with van der Waals surface area (Å²) >= 11 is 12.5. The minimum atomic E-state index is -0.381. The number of anilines is 2. The standard InChI is InChI=1S/2C18H17ClFNO/c2*19-16-13(20)8-9-14-15(16)18-12(7-4-10-22-18)17(21-14)11-5-2-1-3-6-11/h2*1-3,5-6,8-9,12,17-18,21H,4,7,10H2/t2*12-,17-,18-/m00/s1. The summed E-state index contributed by atoms with van der Waals surface area (Å²) in [7, 11) is 0. The van der Waals surface area contributed by atoms with E-state index in [0.29, 0.717) is 13.2 Å². The van der Waals surface area contributed by atoms with Crippen molar-refractivity contribution in [2.24, 2.45) is 11.8 Å². The highest BCUT2D eigenvalue weighted by Gasteiger charge is 2.42. The number of hydrogen-bond acceptors (Lipinski definition) is 4. The van der Waals surface area contributed by atoms with Crippen LogP contribution in [-0.2, 0) is 9.47 Å². The van der Waals surface area contributed by atoms with E-state index in [0.717, 1.165) is 48.2 Å². The van der Waals surface area contributed by atoms with Gasteiger partial charge in [-0.3, -0.25) is 0 Å². The Balaban J connectivity index is 0.000000142. The molecule has 228 valence electrons. The van der Waals surface area contributed by atoms with Crippen LogP contribution in [0.2, 0.25) is 10.0 Å². The highest BCUT2D eigenvalue weighted by Crippen LogP contribution is 2.53. The van der Waals surface area contributed by atoms with Gasteiger partial charge in [0.2, 0.25) is 0 Å². The predicted molar refractivity (Wildman–Crippen MR) is 171 cm³/mol. The molecule has 0 radical (unpaired) electrons. The molecule has 0 unspecified atom stereocenters. The first-order valence-corrected chi connectivity index (χ1v) is 16.1. The van der Waals surface area contributed by atoms with Gasteiger partial charge in [0.05, 0.1) is 34.3 Å². The molecule has 0 amide bonds. The zero-order valence-electron chi connectivity index (χ0n) is 24.1. The summed E-state index contributed by atoms with van der Waals surface area (Å²) in [6.07, 6.45) is 3.85. The zero-order valence-corrected chi connectivity index (χ0v) is 25.6. The monoisotopic (exact) mass is 634 g/mol. The lowest BCUT2D eigenvalue weighted by molar-refractivity contribution is -0.0382. The summed E-state index contributed by atoms with van der Waals surface area (Å²) in [6, 6.07) is 27.4. The van der Waals surface area contributed by atoms with Gasteiger partial charge in [0, 0.05) is 47.6 Å². The van der Waals surface area contributed by atoms with Crippen LogP contribution in [0.4, 0.5) is 20.2 Å². The number of benzene rings is 4. The number of hydrogen-bond donors (Lipinski definition) is 2. The van der Waals surface area contributed by atoms with Crippen molar-refractivity contribution in [1.29, 1.82) is 0 Å². The maximum atomic E-state index is 13.9. The van der Waals surface area contributed by atoms with E-state index in [1.807, 2.05) is 36.4 Å². The predicted octanol–water partition coefficient (Wildman–Crippen LogP) is 10.2. The topological polar surface area (TPSA) is 42.5 Å². The molecule has 8 heteroatoms. The third-order valence-electron chi connectivity index (χ3n) is 9.37. The van der Waals surface area contributed by atoms with Gasteiger partial charge in [0.25, 0.3) is 0 Å². The van der Waals surface area contributed by atoms with Gasteiger partial charge in [0.1, 0.15) is 11.6 Å². The third-order valence-corrected chi connectivity index (χ3v) is 10.1. The van der Waals surface area contributed by atoms with Gasteiger partial charge < -0.3 is 20.1 Å². The first-order valence-electron chi connectivity index (χ1n) is 15.3. The summed E-state index contributed by atoms with van der Waals surface area (Å²) < 4.78 is 39.7. The number of rotatable bonds is 2. The van der Waals surface area contributed by atoms with Crippen LogP contribution < -0.4 is 10.6 Å². The largest absolute Gasteiger partial charge is 0.377 e. The smallest absolute Gasteiger partial charge is 0.142 e. The minimum absolute atomic E-state index is 0.140. The summed E-state index contributed by atoms with van der Waals surface area (Å²) in [4.78, 5) is 0. The average Bonchev–Trinajstić information content (AvgIpc) is 3.08. The van der Waals surface area contributed by atoms with Crippen molar-refractivity contribution in [3.63, 3.8) is 0 Å². The van der Waals surface area contributed by atoms with Crippen molar-refractivity contribution < 1.29 is 18.3 Å². The number of nitrogens with one attached hydrogen (secondary N) is 2. The van der Waals surface area contributed by atoms with Crippen LogP contribution in [0.3, 0.4) is 0 Å². The minimum Gasteiger partial charge on any atom is -0.377 e. The quantitative estimate of drug-likeness (QED) is 0.230. The Morgan fingerprint density at radius 2 is 0.977 bits per heavy atom. The van der Waals surface area contributed by atoms with E-state index >= 15 is 0 Å². The van der Waals surface area contributed by atoms with Gasteiger partial charge in [0.15, 0.2) is 0 Å². The van der Waals surface area contributed by atoms with Gasteiger partial charge in [-0.1, -0.05) is 83.9 Å². The van der Waals surface area contributed by atoms with Crippen LogP contribution in [0, 0.1) is 23.5 Å². The Morgan fingerprint density at radius 3 is 1.39 bits per heavy atom. The second kappa shape index (κ2) is 12.7. The average molecular weight is 636 g/mol. The molecule has 6 atom stereocenters. The normalized spacial score (nSPS) is 26.7. The fraction of sp³-hybridized carbons (Fsp3) is 0.333. The SMILES string of the molecule is Fc1ccc2c(c1Cl)[C@H]1OCCC[C@H]1[C@H](c1ccccc1)N2.Fc1ccc2c(c1Cl)[C@H]1OCCC[C@H]1[C@H](c1ccccc1)N2. The zero-order chi connectivity index (χ0) is 30.2. The van der Waals surface area contributed by atoms with Crippen molar-refractivity contribution in [1.82, 2.24) is 0 Å². The van der Waals surface area contributed by atoms with Gasteiger partial charge in [-0.25, -0.2) is 8.78 Å². The first kappa shape index (κ1) is 29.5. The molecule has 4 aliphatic heterocycles. The molecule has 4 aromatic rings. The highest BCUT2D eigenvalue weighted by atomic mass is 35.5. The fourth-order valence-corrected chi connectivity index (χ4v) is 7.90. The Morgan fingerprint density at radius 1 is 0.568 bits per heavy atom. The van der Waals surface area contributed by atoms with Gasteiger partial charge >= 0.3 is 0 Å². The maximum absolute atomic E-state index is 13.9. The molecular weight excluding hydrogens is 601 g/mol. The molecule has 4 aliphatic rings. The summed E-state index contributed by atoms with van der Waals surface area (Å²) in [6.45, 7) is 1.41. The Kier molecular flexibility index (Phi) is 8.52. The van der Waals surface area contributed by atoms with Gasteiger partial charge in [-0.15, -0.1) is 0 Å². The van der Waals surface area contributed by atoms with Crippen LogP contribution in [0.25, 0.3) is 0 Å². The van der Waals surface area contributed by atoms with Crippen LogP contribution >= 0.6 is 23.2 Å². The Hall–Kier alpha value is -3.16. The Labute approximate surface area is 266 Å². The summed E-state index contributed by atoms with van der Waals surface area (Å²) in [5, 5.41) is 7.48. The lowest BCUT2D eigenvalue weighted by Gasteiger charge is -2.43. The molecule has 4 aromatic carbocycles. The molecular formula is C36H34Cl2F2N2O2. The molecule has 2 N–H and O–H groups in total. The van der Waals surface area contributed by atoms with Crippen molar-refractivity contribution >= 4 is 34.6 Å². The van der Waals surface area contributed by atoms with E-state index in [-0.39, 0.29) is 57.8 Å². The van der Waals surface area contributed by atoms with Crippen LogP contribution in [0.1, 0.15) is 72.2 Å². The number of halogens is 4. The van der Waals surface area contributed by atoms with Crippen LogP contribution in [-0.4, -0.2) is 13.2 Å². The molecule has 4 nitrogen and oxygen atoms in total. The fourth-order valence-electron chi connectivity index (χ4n) is 7.36. The van der Waals surface area contributed by atoms with Gasteiger partial charge in [-0.2, -0.15) is 0 Å². The van der Waals surface area contributed by atoms with E-state index < -0.39 is 0 Å². The van der Waals surface area contributed by atoms with E-state index in [9.17, 15) is 8.78 Å². The van der Waals surface area contributed by atoms with Gasteiger partial charge in [-0.05, 0) is 61.1 Å². The molecule has 0 aliphatic carbocycles. The third kappa shape index (κ3) is 5.47. The molecule has 2 saturated heterocycles. The van der Waals surface area contributed by atoms with Crippen molar-refractivity contribution in [3.8, 4) is 0 Å². The van der Waals surface area contributed by atoms with E-state index in [1.165, 1.54) is 23.3 Å². The van der Waals surface area contributed by atoms with E-state index in [4.69, 9.17) is 32.7 Å². The highest BCUT2D eigenvalue weighted by molar-refractivity contribution is 6.32. The number of fused-ring (bicyclic) bond motifs is 6.